The summed E-state index contributed by atoms with van der Waals surface area (Å²) in [5, 5.41) is 17.9. The monoisotopic (exact) mass is 422 g/mol. The van der Waals surface area contributed by atoms with Gasteiger partial charge in [-0.15, -0.1) is 0 Å². The first-order valence-electron chi connectivity index (χ1n) is 9.57. The topological polar surface area (TPSA) is 116 Å². The van der Waals surface area contributed by atoms with Crippen LogP contribution in [0.4, 0.5) is 11.4 Å². The van der Waals surface area contributed by atoms with Crippen LogP contribution in [0.3, 0.4) is 0 Å². The summed E-state index contributed by atoms with van der Waals surface area (Å²) in [6, 6.07) is 13.7. The fourth-order valence-electron chi connectivity index (χ4n) is 3.18. The molecule has 0 saturated heterocycles. The number of amides is 1. The summed E-state index contributed by atoms with van der Waals surface area (Å²) >= 11 is 0. The lowest BCUT2D eigenvalue weighted by Gasteiger charge is -2.09. The summed E-state index contributed by atoms with van der Waals surface area (Å²) in [6.07, 6.45) is -0.00562. The second kappa shape index (κ2) is 9.21. The maximum atomic E-state index is 12.3. The van der Waals surface area contributed by atoms with Crippen molar-refractivity contribution in [2.75, 3.05) is 11.9 Å². The molecule has 9 nitrogen and oxygen atoms in total. The Hall–Kier alpha value is -4.01. The number of nitro benzene ring substituents is 1. The number of hydrogen-bond donors (Lipinski definition) is 1. The zero-order valence-electron chi connectivity index (χ0n) is 17.4. The number of nitrogens with one attached hydrogen (secondary N) is 1. The zero-order chi connectivity index (χ0) is 22.5. The molecule has 0 unspecified atom stereocenters. The molecule has 0 fully saturated rings. The number of ether oxygens (including phenoxy) is 1. The lowest BCUT2D eigenvalue weighted by Crippen LogP contribution is -2.22. The van der Waals surface area contributed by atoms with Crippen LogP contribution in [0.1, 0.15) is 22.5 Å². The van der Waals surface area contributed by atoms with E-state index in [1.807, 2.05) is 44.2 Å². The first-order chi connectivity index (χ1) is 14.8. The number of benzene rings is 2. The number of para-hydroxylation sites is 1. The van der Waals surface area contributed by atoms with Gasteiger partial charge in [0.25, 0.3) is 11.6 Å². The van der Waals surface area contributed by atoms with Crippen molar-refractivity contribution in [3.8, 4) is 5.69 Å². The highest BCUT2D eigenvalue weighted by molar-refractivity contribution is 5.93. The van der Waals surface area contributed by atoms with E-state index < -0.39 is 23.4 Å². The fourth-order valence-corrected chi connectivity index (χ4v) is 3.18. The number of rotatable bonds is 7. The summed E-state index contributed by atoms with van der Waals surface area (Å²) in [6.45, 7) is 4.88. The van der Waals surface area contributed by atoms with Crippen molar-refractivity contribution < 1.29 is 19.2 Å². The van der Waals surface area contributed by atoms with Crippen LogP contribution in [0.25, 0.3) is 5.69 Å². The summed E-state index contributed by atoms with van der Waals surface area (Å²) in [4.78, 5) is 34.7. The molecule has 1 aromatic heterocycles. The van der Waals surface area contributed by atoms with Crippen molar-refractivity contribution in [1.29, 1.82) is 0 Å². The Morgan fingerprint density at radius 2 is 1.84 bits per heavy atom. The average molecular weight is 422 g/mol. The van der Waals surface area contributed by atoms with Gasteiger partial charge in [-0.05, 0) is 44.5 Å². The number of aromatic nitrogens is 2. The second-order valence-electron chi connectivity index (χ2n) is 7.04. The largest absolute Gasteiger partial charge is 0.455 e. The van der Waals surface area contributed by atoms with Crippen molar-refractivity contribution >= 4 is 23.3 Å². The van der Waals surface area contributed by atoms with Crippen molar-refractivity contribution in [2.45, 2.75) is 27.2 Å². The van der Waals surface area contributed by atoms with Gasteiger partial charge in [0, 0.05) is 29.1 Å². The Morgan fingerprint density at radius 1 is 1.13 bits per heavy atom. The molecule has 0 spiro atoms. The van der Waals surface area contributed by atoms with E-state index in [9.17, 15) is 19.7 Å². The first kappa shape index (κ1) is 21.7. The number of carbonyl (C=O) groups excluding carboxylic acids is 2. The van der Waals surface area contributed by atoms with E-state index >= 15 is 0 Å². The third-order valence-corrected chi connectivity index (χ3v) is 4.82. The van der Waals surface area contributed by atoms with Crippen LogP contribution in [0.5, 0.6) is 0 Å². The van der Waals surface area contributed by atoms with Crippen LogP contribution < -0.4 is 5.32 Å². The maximum Gasteiger partial charge on any atom is 0.310 e. The standard InChI is InChI=1S/C22H22N4O5/c1-14-11-18(26(29)30)9-10-20(14)23-21(27)13-31-22(28)12-19-15(2)24-25(16(19)3)17-7-5-4-6-8-17/h4-11H,12-13H2,1-3H3,(H,23,27). The van der Waals surface area contributed by atoms with E-state index in [-0.39, 0.29) is 12.1 Å². The molecule has 0 saturated carbocycles. The number of carbonyl (C=O) groups is 2. The van der Waals surface area contributed by atoms with E-state index in [0.29, 0.717) is 16.9 Å². The highest BCUT2D eigenvalue weighted by atomic mass is 16.6. The van der Waals surface area contributed by atoms with Gasteiger partial charge in [0.05, 0.1) is 22.7 Å². The molecule has 0 aliphatic heterocycles. The summed E-state index contributed by atoms with van der Waals surface area (Å²) in [5.74, 6) is -1.08. The number of aryl methyl sites for hydroxylation is 2. The average Bonchev–Trinajstić information content (AvgIpc) is 3.02. The Balaban J connectivity index is 1.59. The van der Waals surface area contributed by atoms with Gasteiger partial charge in [0.1, 0.15) is 0 Å². The SMILES string of the molecule is Cc1cc([N+](=O)[O-])ccc1NC(=O)COC(=O)Cc1c(C)nn(-c2ccccc2)c1C. The third-order valence-electron chi connectivity index (χ3n) is 4.82. The van der Waals surface area contributed by atoms with Gasteiger partial charge in [-0.25, -0.2) is 4.68 Å². The van der Waals surface area contributed by atoms with E-state index in [1.54, 1.807) is 11.6 Å². The number of non-ortho nitro benzene ring substituents is 1. The molecule has 3 rings (SSSR count). The molecule has 0 radical (unpaired) electrons. The van der Waals surface area contributed by atoms with Crippen LogP contribution in [0.2, 0.25) is 0 Å². The van der Waals surface area contributed by atoms with Gasteiger partial charge in [-0.2, -0.15) is 5.10 Å². The number of nitro groups is 1. The number of esters is 1. The van der Waals surface area contributed by atoms with Gasteiger partial charge in [-0.1, -0.05) is 18.2 Å². The molecule has 0 bridgehead atoms. The molecular weight excluding hydrogens is 400 g/mol. The second-order valence-corrected chi connectivity index (χ2v) is 7.04. The molecule has 3 aromatic rings. The molecule has 9 heteroatoms. The smallest absolute Gasteiger partial charge is 0.310 e. The lowest BCUT2D eigenvalue weighted by atomic mass is 10.1. The van der Waals surface area contributed by atoms with Crippen LogP contribution in [0, 0.1) is 30.9 Å². The summed E-state index contributed by atoms with van der Waals surface area (Å²) in [7, 11) is 0. The van der Waals surface area contributed by atoms with Gasteiger partial charge < -0.3 is 10.1 Å². The minimum Gasteiger partial charge on any atom is -0.455 e. The van der Waals surface area contributed by atoms with Crippen LogP contribution in [-0.2, 0) is 20.7 Å². The highest BCUT2D eigenvalue weighted by Crippen LogP contribution is 2.21. The molecule has 0 aliphatic rings. The lowest BCUT2D eigenvalue weighted by molar-refractivity contribution is -0.384. The molecule has 1 N–H and O–H groups in total. The van der Waals surface area contributed by atoms with E-state index in [1.165, 1.54) is 18.2 Å². The molecule has 31 heavy (non-hydrogen) atoms. The minimum atomic E-state index is -0.547. The Labute approximate surface area is 178 Å². The molecule has 2 aromatic carbocycles. The number of hydrogen-bond acceptors (Lipinski definition) is 6. The molecule has 0 atom stereocenters. The van der Waals surface area contributed by atoms with Gasteiger partial charge in [0.2, 0.25) is 0 Å². The molecular formula is C22H22N4O5. The first-order valence-corrected chi connectivity index (χ1v) is 9.57. The Kier molecular flexibility index (Phi) is 6.44. The predicted octanol–water partition coefficient (Wildman–Crippen LogP) is 3.43. The zero-order valence-corrected chi connectivity index (χ0v) is 17.4. The quantitative estimate of drug-likeness (QED) is 0.354. The van der Waals surface area contributed by atoms with Crippen molar-refractivity contribution in [3.05, 3.63) is 81.2 Å². The summed E-state index contributed by atoms with van der Waals surface area (Å²) in [5.41, 5.74) is 4.07. The molecule has 1 amide bonds. The van der Waals surface area contributed by atoms with Crippen molar-refractivity contribution in [2.24, 2.45) is 0 Å². The van der Waals surface area contributed by atoms with E-state index in [0.717, 1.165) is 16.9 Å². The van der Waals surface area contributed by atoms with Crippen LogP contribution >= 0.6 is 0 Å². The number of anilines is 1. The van der Waals surface area contributed by atoms with Gasteiger partial charge in [-0.3, -0.25) is 19.7 Å². The Morgan fingerprint density at radius 3 is 2.48 bits per heavy atom. The third kappa shape index (κ3) is 5.13. The molecule has 160 valence electrons. The normalized spacial score (nSPS) is 10.5. The van der Waals surface area contributed by atoms with Crippen LogP contribution in [0.15, 0.2) is 48.5 Å². The van der Waals surface area contributed by atoms with Gasteiger partial charge in [0.15, 0.2) is 6.61 Å². The summed E-state index contributed by atoms with van der Waals surface area (Å²) < 4.78 is 6.88. The molecule has 0 aliphatic carbocycles. The predicted molar refractivity (Wildman–Crippen MR) is 114 cm³/mol. The highest BCUT2D eigenvalue weighted by Gasteiger charge is 2.18. The molecule has 1 heterocycles. The minimum absolute atomic E-state index is 0.00562. The van der Waals surface area contributed by atoms with Crippen molar-refractivity contribution in [3.63, 3.8) is 0 Å². The van der Waals surface area contributed by atoms with Crippen LogP contribution in [-0.4, -0.2) is 33.2 Å². The Bertz CT molecular complexity index is 1140. The van der Waals surface area contributed by atoms with E-state index in [4.69, 9.17) is 4.74 Å². The maximum absolute atomic E-state index is 12.3. The van der Waals surface area contributed by atoms with Crippen molar-refractivity contribution in [1.82, 2.24) is 9.78 Å². The fraction of sp³-hybridized carbons (Fsp3) is 0.227. The number of nitrogens with zero attached hydrogens (tertiary/aromatic N) is 3. The van der Waals surface area contributed by atoms with E-state index in [2.05, 4.69) is 10.4 Å². The van der Waals surface area contributed by atoms with Gasteiger partial charge >= 0.3 is 5.97 Å².